The highest BCUT2D eigenvalue weighted by molar-refractivity contribution is 7.12. The van der Waals surface area contributed by atoms with Gasteiger partial charge < -0.3 is 15.1 Å². The van der Waals surface area contributed by atoms with Crippen LogP contribution in [0.3, 0.4) is 0 Å². The van der Waals surface area contributed by atoms with E-state index in [2.05, 4.69) is 5.32 Å². The first kappa shape index (κ1) is 22.1. The molecule has 0 saturated carbocycles. The maximum atomic E-state index is 13.4. The van der Waals surface area contributed by atoms with E-state index in [4.69, 9.17) is 0 Å². The fourth-order valence-corrected chi connectivity index (χ4v) is 4.94. The summed E-state index contributed by atoms with van der Waals surface area (Å²) in [6.07, 6.45) is -4.49. The molecule has 3 heterocycles. The first-order chi connectivity index (χ1) is 16.2. The van der Waals surface area contributed by atoms with Crippen molar-refractivity contribution in [3.8, 4) is 11.1 Å². The van der Waals surface area contributed by atoms with E-state index in [1.165, 1.54) is 40.5 Å². The molecule has 6 nitrogen and oxygen atoms in total. The Morgan fingerprint density at radius 3 is 2.53 bits per heavy atom. The van der Waals surface area contributed by atoms with Crippen molar-refractivity contribution in [1.82, 2.24) is 9.80 Å². The minimum Gasteiger partial charge on any atom is -0.334 e. The zero-order valence-electron chi connectivity index (χ0n) is 17.6. The van der Waals surface area contributed by atoms with Crippen LogP contribution in [0.5, 0.6) is 0 Å². The van der Waals surface area contributed by atoms with E-state index in [0.717, 1.165) is 12.1 Å². The lowest BCUT2D eigenvalue weighted by molar-refractivity contribution is -0.137. The van der Waals surface area contributed by atoms with Crippen LogP contribution in [0.4, 0.5) is 18.9 Å². The third kappa shape index (κ3) is 3.94. The Kier molecular flexibility index (Phi) is 5.40. The normalized spacial score (nSPS) is 18.1. The van der Waals surface area contributed by atoms with E-state index in [9.17, 15) is 27.6 Å². The number of thiophene rings is 1. The predicted molar refractivity (Wildman–Crippen MR) is 121 cm³/mol. The van der Waals surface area contributed by atoms with Crippen molar-refractivity contribution in [2.24, 2.45) is 0 Å². The van der Waals surface area contributed by atoms with Gasteiger partial charge in [-0.25, -0.2) is 0 Å². The van der Waals surface area contributed by atoms with Crippen LogP contribution in [0.25, 0.3) is 11.1 Å². The van der Waals surface area contributed by atoms with Crippen LogP contribution in [0.2, 0.25) is 0 Å². The van der Waals surface area contributed by atoms with Crippen molar-refractivity contribution in [3.63, 3.8) is 0 Å². The smallest absolute Gasteiger partial charge is 0.334 e. The zero-order valence-corrected chi connectivity index (χ0v) is 18.4. The molecule has 1 saturated heterocycles. The SMILES string of the molecule is O=C1Nc2ccc(-c3cccc(C(F)(F)F)c3)cc2C(=O)N2CCN(C(=O)c3cccs3)CC12. The van der Waals surface area contributed by atoms with Gasteiger partial charge in [-0.2, -0.15) is 13.2 Å². The summed E-state index contributed by atoms with van der Waals surface area (Å²) in [4.78, 5) is 42.6. The van der Waals surface area contributed by atoms with Crippen LogP contribution in [0.15, 0.2) is 60.0 Å². The van der Waals surface area contributed by atoms with Crippen molar-refractivity contribution < 1.29 is 27.6 Å². The van der Waals surface area contributed by atoms with Crippen LogP contribution in [-0.4, -0.2) is 53.2 Å². The molecular weight excluding hydrogens is 467 g/mol. The molecular formula is C24H18F3N3O3S. The number of anilines is 1. The van der Waals surface area contributed by atoms with Gasteiger partial charge in [0.15, 0.2) is 0 Å². The van der Waals surface area contributed by atoms with Crippen molar-refractivity contribution in [3.05, 3.63) is 76.0 Å². The monoisotopic (exact) mass is 485 g/mol. The summed E-state index contributed by atoms with van der Waals surface area (Å²) < 4.78 is 39.4. The fourth-order valence-electron chi connectivity index (χ4n) is 4.25. The van der Waals surface area contributed by atoms with E-state index in [1.807, 2.05) is 0 Å². The standard InChI is InChI=1S/C24H18F3N3O3S/c25-24(26,27)16-4-1-3-14(11-16)15-6-7-18-17(12-15)22(32)30-9-8-29(13-19(30)21(31)28-18)23(33)20-5-2-10-34-20/h1-7,10-12,19H,8-9,13H2,(H,28,31). The first-order valence-electron chi connectivity index (χ1n) is 10.5. The van der Waals surface area contributed by atoms with Gasteiger partial charge in [-0.05, 0) is 46.8 Å². The second kappa shape index (κ2) is 8.28. The summed E-state index contributed by atoms with van der Waals surface area (Å²) in [5.74, 6) is -1.01. The summed E-state index contributed by atoms with van der Waals surface area (Å²) in [5, 5.41) is 4.54. The molecule has 0 bridgehead atoms. The highest BCUT2D eigenvalue weighted by atomic mass is 32.1. The first-order valence-corrected chi connectivity index (χ1v) is 11.4. The summed E-state index contributed by atoms with van der Waals surface area (Å²) >= 11 is 1.31. The zero-order chi connectivity index (χ0) is 24.0. The van der Waals surface area contributed by atoms with Gasteiger partial charge >= 0.3 is 6.18 Å². The van der Waals surface area contributed by atoms with Crippen LogP contribution in [0.1, 0.15) is 25.6 Å². The Balaban J connectivity index is 1.44. The number of halogens is 3. The molecule has 0 radical (unpaired) electrons. The molecule has 1 atom stereocenters. The molecule has 1 aromatic heterocycles. The van der Waals surface area contributed by atoms with E-state index in [1.54, 1.807) is 28.5 Å². The highest BCUT2D eigenvalue weighted by Gasteiger charge is 2.40. The van der Waals surface area contributed by atoms with Gasteiger partial charge in [0.25, 0.3) is 11.8 Å². The Labute approximate surface area is 196 Å². The minimum atomic E-state index is -4.49. The number of fused-ring (bicyclic) bond motifs is 2. The van der Waals surface area contributed by atoms with Gasteiger partial charge in [-0.1, -0.05) is 24.3 Å². The van der Waals surface area contributed by atoms with Crippen LogP contribution >= 0.6 is 11.3 Å². The molecule has 174 valence electrons. The molecule has 0 spiro atoms. The maximum Gasteiger partial charge on any atom is 0.416 e. The summed E-state index contributed by atoms with van der Waals surface area (Å²) in [6.45, 7) is 0.499. The highest BCUT2D eigenvalue weighted by Crippen LogP contribution is 2.34. The average molecular weight is 485 g/mol. The summed E-state index contributed by atoms with van der Waals surface area (Å²) in [7, 11) is 0. The Morgan fingerprint density at radius 1 is 1.00 bits per heavy atom. The number of nitrogens with zero attached hydrogens (tertiary/aromatic N) is 2. The molecule has 1 unspecified atom stereocenters. The fraction of sp³-hybridized carbons (Fsp3) is 0.208. The number of carbonyl (C=O) groups is 3. The van der Waals surface area contributed by atoms with Crippen molar-refractivity contribution >= 4 is 34.7 Å². The number of rotatable bonds is 2. The van der Waals surface area contributed by atoms with Crippen molar-refractivity contribution in [1.29, 1.82) is 0 Å². The van der Waals surface area contributed by atoms with E-state index < -0.39 is 29.6 Å². The molecule has 0 aliphatic carbocycles. The number of hydrogen-bond donors (Lipinski definition) is 1. The van der Waals surface area contributed by atoms with Gasteiger partial charge in [0.2, 0.25) is 5.91 Å². The third-order valence-electron chi connectivity index (χ3n) is 5.99. The lowest BCUT2D eigenvalue weighted by Crippen LogP contribution is -2.59. The number of alkyl halides is 3. The van der Waals surface area contributed by atoms with Crippen LogP contribution in [0, 0.1) is 0 Å². The topological polar surface area (TPSA) is 69.7 Å². The lowest BCUT2D eigenvalue weighted by atomic mass is 9.99. The number of carbonyl (C=O) groups excluding carboxylic acids is 3. The Hall–Kier alpha value is -3.66. The molecule has 1 fully saturated rings. The Morgan fingerprint density at radius 2 is 1.79 bits per heavy atom. The second-order valence-electron chi connectivity index (χ2n) is 8.07. The predicted octanol–water partition coefficient (Wildman–Crippen LogP) is 4.35. The Bertz CT molecular complexity index is 1290. The summed E-state index contributed by atoms with van der Waals surface area (Å²) in [6, 6.07) is 12.1. The van der Waals surface area contributed by atoms with Gasteiger partial charge in [-0.15, -0.1) is 11.3 Å². The number of nitrogens with one attached hydrogen (secondary N) is 1. The number of piperazine rings is 1. The van der Waals surface area contributed by atoms with E-state index in [-0.39, 0.29) is 36.8 Å². The molecule has 3 aromatic rings. The molecule has 10 heteroatoms. The van der Waals surface area contributed by atoms with Crippen molar-refractivity contribution in [2.45, 2.75) is 12.2 Å². The number of hydrogen-bond acceptors (Lipinski definition) is 4. The second-order valence-corrected chi connectivity index (χ2v) is 9.02. The minimum absolute atomic E-state index is 0.0583. The van der Waals surface area contributed by atoms with Crippen molar-refractivity contribution in [2.75, 3.05) is 25.0 Å². The van der Waals surface area contributed by atoms with Gasteiger partial charge in [-0.3, -0.25) is 14.4 Å². The molecule has 5 rings (SSSR count). The maximum absolute atomic E-state index is 13.4. The third-order valence-corrected chi connectivity index (χ3v) is 6.85. The molecule has 2 aliphatic rings. The lowest BCUT2D eigenvalue weighted by Gasteiger charge is -2.39. The molecule has 3 amide bonds. The molecule has 2 aromatic carbocycles. The van der Waals surface area contributed by atoms with Crippen LogP contribution < -0.4 is 5.32 Å². The van der Waals surface area contributed by atoms with E-state index >= 15 is 0 Å². The van der Waals surface area contributed by atoms with Gasteiger partial charge in [0.1, 0.15) is 6.04 Å². The number of amides is 3. The quantitative estimate of drug-likeness (QED) is 0.587. The molecule has 2 aliphatic heterocycles. The van der Waals surface area contributed by atoms with Gasteiger partial charge in [0, 0.05) is 13.1 Å². The van der Waals surface area contributed by atoms with E-state index in [0.29, 0.717) is 16.0 Å². The largest absolute Gasteiger partial charge is 0.416 e. The van der Waals surface area contributed by atoms with Crippen LogP contribution in [-0.2, 0) is 11.0 Å². The summed E-state index contributed by atoms with van der Waals surface area (Å²) in [5.41, 5.74) is 0.438. The molecule has 34 heavy (non-hydrogen) atoms. The number of benzene rings is 2. The molecule has 1 N–H and O–H groups in total. The van der Waals surface area contributed by atoms with Gasteiger partial charge in [0.05, 0.1) is 28.2 Å². The average Bonchev–Trinajstić information content (AvgIpc) is 3.34.